The first kappa shape index (κ1) is 15.5. The third kappa shape index (κ3) is 6.39. The van der Waals surface area contributed by atoms with Gasteiger partial charge in [0.25, 0.3) is 0 Å². The Morgan fingerprint density at radius 3 is 2.72 bits per heavy atom. The average molecular weight is 270 g/mol. The third-order valence-electron chi connectivity index (χ3n) is 3.10. The van der Waals surface area contributed by atoms with Gasteiger partial charge in [0.15, 0.2) is 0 Å². The molecule has 0 aliphatic rings. The summed E-state index contributed by atoms with van der Waals surface area (Å²) < 4.78 is 5.63. The minimum atomic E-state index is 0.257. The zero-order valence-electron chi connectivity index (χ0n) is 11.4. The van der Waals surface area contributed by atoms with Gasteiger partial charge < -0.3 is 10.5 Å². The summed E-state index contributed by atoms with van der Waals surface area (Å²) in [6.45, 7) is 6.60. The van der Waals surface area contributed by atoms with Crippen LogP contribution in [0.5, 0.6) is 0 Å². The molecular weight excluding hydrogens is 246 g/mol. The molecule has 2 nitrogen and oxygen atoms in total. The van der Waals surface area contributed by atoms with Gasteiger partial charge >= 0.3 is 0 Å². The Hall–Kier alpha value is -0.570. The largest absolute Gasteiger partial charge is 0.377 e. The smallest absolute Gasteiger partial charge is 0.0717 e. The summed E-state index contributed by atoms with van der Waals surface area (Å²) in [6.07, 6.45) is 3.41. The van der Waals surface area contributed by atoms with E-state index in [0.717, 1.165) is 36.6 Å². The molecule has 0 saturated heterocycles. The van der Waals surface area contributed by atoms with Crippen molar-refractivity contribution in [2.45, 2.75) is 39.7 Å². The van der Waals surface area contributed by atoms with Gasteiger partial charge in [0.1, 0.15) is 0 Å². The van der Waals surface area contributed by atoms with E-state index in [-0.39, 0.29) is 5.41 Å². The molecule has 1 rings (SSSR count). The Morgan fingerprint density at radius 2 is 2.06 bits per heavy atom. The maximum Gasteiger partial charge on any atom is 0.0717 e. The maximum atomic E-state index is 5.91. The van der Waals surface area contributed by atoms with Crippen molar-refractivity contribution < 1.29 is 4.74 Å². The van der Waals surface area contributed by atoms with Crippen LogP contribution < -0.4 is 5.73 Å². The number of unbranched alkanes of at least 4 members (excludes halogenated alkanes) is 1. The number of ether oxygens (including phenoxy) is 1. The van der Waals surface area contributed by atoms with Crippen LogP contribution in [0.1, 0.15) is 38.7 Å². The molecule has 0 amide bonds. The van der Waals surface area contributed by atoms with Crippen LogP contribution >= 0.6 is 11.6 Å². The van der Waals surface area contributed by atoms with Crippen molar-refractivity contribution in [3.63, 3.8) is 0 Å². The van der Waals surface area contributed by atoms with E-state index in [1.54, 1.807) is 0 Å². The van der Waals surface area contributed by atoms with Gasteiger partial charge in [-0.1, -0.05) is 44.0 Å². The molecule has 102 valence electrons. The Labute approximate surface area is 115 Å². The van der Waals surface area contributed by atoms with Crippen molar-refractivity contribution >= 4 is 11.6 Å². The molecule has 0 aliphatic carbocycles. The fourth-order valence-electron chi connectivity index (χ4n) is 1.73. The van der Waals surface area contributed by atoms with Crippen LogP contribution in [-0.2, 0) is 11.3 Å². The van der Waals surface area contributed by atoms with Crippen LogP contribution in [0, 0.1) is 5.41 Å². The van der Waals surface area contributed by atoms with Gasteiger partial charge in [-0.3, -0.25) is 0 Å². The van der Waals surface area contributed by atoms with Crippen LogP contribution in [0.3, 0.4) is 0 Å². The Morgan fingerprint density at radius 1 is 1.28 bits per heavy atom. The standard InChI is InChI=1S/C15H24ClNO/c1-15(2,12-17)8-3-4-9-18-11-13-6-5-7-14(16)10-13/h5-7,10H,3-4,8-9,11-12,17H2,1-2H3. The van der Waals surface area contributed by atoms with Crippen molar-refractivity contribution in [3.8, 4) is 0 Å². The first-order valence-electron chi connectivity index (χ1n) is 6.56. The van der Waals surface area contributed by atoms with E-state index < -0.39 is 0 Å². The Kier molecular flexibility index (Phi) is 6.69. The van der Waals surface area contributed by atoms with Crippen LogP contribution in [0.15, 0.2) is 24.3 Å². The highest BCUT2D eigenvalue weighted by Gasteiger charge is 2.14. The number of benzene rings is 1. The highest BCUT2D eigenvalue weighted by molar-refractivity contribution is 6.30. The van der Waals surface area contributed by atoms with Crippen molar-refractivity contribution in [2.75, 3.05) is 13.2 Å². The second kappa shape index (κ2) is 7.78. The second-order valence-electron chi connectivity index (χ2n) is 5.51. The molecule has 3 heteroatoms. The molecule has 1 aromatic rings. The number of rotatable bonds is 8. The molecule has 1 aromatic carbocycles. The van der Waals surface area contributed by atoms with Gasteiger partial charge in [-0.05, 0) is 42.5 Å². The number of hydrogen-bond donors (Lipinski definition) is 1. The van der Waals surface area contributed by atoms with Gasteiger partial charge in [-0.2, -0.15) is 0 Å². The summed E-state index contributed by atoms with van der Waals surface area (Å²) in [6, 6.07) is 7.80. The molecule has 0 spiro atoms. The molecule has 18 heavy (non-hydrogen) atoms. The number of nitrogens with two attached hydrogens (primary N) is 1. The van der Waals surface area contributed by atoms with E-state index in [4.69, 9.17) is 22.1 Å². The number of halogens is 1. The summed E-state index contributed by atoms with van der Waals surface area (Å²) in [5.74, 6) is 0. The topological polar surface area (TPSA) is 35.2 Å². The van der Waals surface area contributed by atoms with Gasteiger partial charge in [0.2, 0.25) is 0 Å². The highest BCUT2D eigenvalue weighted by atomic mass is 35.5. The SMILES string of the molecule is CC(C)(CN)CCCCOCc1cccc(Cl)c1. The minimum Gasteiger partial charge on any atom is -0.377 e. The average Bonchev–Trinajstić information content (AvgIpc) is 2.34. The minimum absolute atomic E-state index is 0.257. The monoisotopic (exact) mass is 269 g/mol. The summed E-state index contributed by atoms with van der Waals surface area (Å²) in [5.41, 5.74) is 7.08. The fraction of sp³-hybridized carbons (Fsp3) is 0.600. The lowest BCUT2D eigenvalue weighted by Gasteiger charge is -2.21. The maximum absolute atomic E-state index is 5.91. The lowest BCUT2D eigenvalue weighted by Crippen LogP contribution is -2.23. The fourth-order valence-corrected chi connectivity index (χ4v) is 1.94. The van der Waals surface area contributed by atoms with Gasteiger partial charge in [0.05, 0.1) is 6.61 Å². The lowest BCUT2D eigenvalue weighted by atomic mass is 9.87. The first-order chi connectivity index (χ1) is 8.53. The zero-order chi connectivity index (χ0) is 13.4. The molecule has 0 aliphatic heterocycles. The van der Waals surface area contributed by atoms with Crippen molar-refractivity contribution in [3.05, 3.63) is 34.9 Å². The van der Waals surface area contributed by atoms with Gasteiger partial charge in [-0.15, -0.1) is 0 Å². The zero-order valence-corrected chi connectivity index (χ0v) is 12.2. The summed E-state index contributed by atoms with van der Waals surface area (Å²) >= 11 is 5.91. The van der Waals surface area contributed by atoms with Gasteiger partial charge in [0, 0.05) is 11.6 Å². The van der Waals surface area contributed by atoms with Crippen LogP contribution in [0.2, 0.25) is 5.02 Å². The van der Waals surface area contributed by atoms with Crippen LogP contribution in [-0.4, -0.2) is 13.2 Å². The van der Waals surface area contributed by atoms with Crippen molar-refractivity contribution in [2.24, 2.45) is 11.1 Å². The molecule has 0 atom stereocenters. The van der Waals surface area contributed by atoms with E-state index in [9.17, 15) is 0 Å². The van der Waals surface area contributed by atoms with Crippen molar-refractivity contribution in [1.82, 2.24) is 0 Å². The van der Waals surface area contributed by atoms with Crippen LogP contribution in [0.25, 0.3) is 0 Å². The molecule has 0 heterocycles. The molecule has 0 saturated carbocycles. The highest BCUT2D eigenvalue weighted by Crippen LogP contribution is 2.21. The molecule has 0 unspecified atom stereocenters. The van der Waals surface area contributed by atoms with E-state index >= 15 is 0 Å². The quantitative estimate of drug-likeness (QED) is 0.724. The summed E-state index contributed by atoms with van der Waals surface area (Å²) in [5, 5.41) is 0.765. The third-order valence-corrected chi connectivity index (χ3v) is 3.34. The molecule has 0 aromatic heterocycles. The molecule has 2 N–H and O–H groups in total. The predicted molar refractivity (Wildman–Crippen MR) is 77.8 cm³/mol. The molecule has 0 radical (unpaired) electrons. The second-order valence-corrected chi connectivity index (χ2v) is 5.94. The van der Waals surface area contributed by atoms with E-state index in [1.165, 1.54) is 6.42 Å². The molecule has 0 bridgehead atoms. The Balaban J connectivity index is 2.09. The van der Waals surface area contributed by atoms with Crippen LogP contribution in [0.4, 0.5) is 0 Å². The van der Waals surface area contributed by atoms with Crippen molar-refractivity contribution in [1.29, 1.82) is 0 Å². The van der Waals surface area contributed by atoms with Gasteiger partial charge in [-0.25, -0.2) is 0 Å². The Bertz CT molecular complexity index is 352. The molecular formula is C15H24ClNO. The van der Waals surface area contributed by atoms with E-state index in [0.29, 0.717) is 6.61 Å². The molecule has 0 fully saturated rings. The van der Waals surface area contributed by atoms with E-state index in [2.05, 4.69) is 13.8 Å². The van der Waals surface area contributed by atoms with E-state index in [1.807, 2.05) is 24.3 Å². The summed E-state index contributed by atoms with van der Waals surface area (Å²) in [4.78, 5) is 0. The normalized spacial score (nSPS) is 11.8. The summed E-state index contributed by atoms with van der Waals surface area (Å²) in [7, 11) is 0. The first-order valence-corrected chi connectivity index (χ1v) is 6.93. The predicted octanol–water partition coefficient (Wildman–Crippen LogP) is 4.01. The lowest BCUT2D eigenvalue weighted by molar-refractivity contribution is 0.114. The number of hydrogen-bond acceptors (Lipinski definition) is 2.